The van der Waals surface area contributed by atoms with Gasteiger partial charge in [0, 0.05) is 32.4 Å². The van der Waals surface area contributed by atoms with E-state index in [4.69, 9.17) is 4.98 Å². The topological polar surface area (TPSA) is 42.5 Å². The fourth-order valence-electron chi connectivity index (χ4n) is 4.36. The molecule has 0 aliphatic rings. The Balaban J connectivity index is 1.69. The van der Waals surface area contributed by atoms with Gasteiger partial charge in [-0.1, -0.05) is 48.5 Å². The molecule has 0 radical (unpaired) electrons. The maximum atomic E-state index is 13.7. The Labute approximate surface area is 199 Å². The number of rotatable bonds is 5. The smallest absolute Gasteiger partial charge is 0.215 e. The molecule has 0 aliphatic carbocycles. The molecule has 0 bridgehead atoms. The van der Waals surface area contributed by atoms with Gasteiger partial charge in [0.05, 0.1) is 11.0 Å². The van der Waals surface area contributed by atoms with E-state index in [-0.39, 0.29) is 5.78 Å². The van der Waals surface area contributed by atoms with E-state index in [1.807, 2.05) is 86.2 Å². The summed E-state index contributed by atoms with van der Waals surface area (Å²) in [5, 5.41) is 0. The minimum absolute atomic E-state index is 0.0752. The quantitative estimate of drug-likeness (QED) is 0.242. The van der Waals surface area contributed by atoms with Crippen molar-refractivity contribution in [2.75, 3.05) is 19.0 Å². The summed E-state index contributed by atoms with van der Waals surface area (Å²) in [7, 11) is 6.03. The molecule has 0 saturated carbocycles. The largest absolute Gasteiger partial charge is 0.378 e. The van der Waals surface area contributed by atoms with Crippen LogP contribution >= 0.6 is 0 Å². The third-order valence-corrected chi connectivity index (χ3v) is 6.47. The van der Waals surface area contributed by atoms with Crippen molar-refractivity contribution in [3.05, 3.63) is 95.2 Å². The van der Waals surface area contributed by atoms with Crippen LogP contribution in [0.15, 0.2) is 72.8 Å². The van der Waals surface area contributed by atoms with Crippen LogP contribution in [0.5, 0.6) is 0 Å². The zero-order valence-corrected chi connectivity index (χ0v) is 20.2. The van der Waals surface area contributed by atoms with Gasteiger partial charge in [-0.15, -0.1) is 0 Å². The number of carbonyl (C=O) groups is 1. The van der Waals surface area contributed by atoms with Gasteiger partial charge in [-0.05, 0) is 60.9 Å². The van der Waals surface area contributed by atoms with E-state index in [9.17, 15) is 4.79 Å². The number of aryl methyl sites for hydroxylation is 3. The molecule has 0 fully saturated rings. The summed E-state index contributed by atoms with van der Waals surface area (Å²) in [6.07, 6.45) is 3.52. The maximum absolute atomic E-state index is 13.7. The highest BCUT2D eigenvalue weighted by atomic mass is 16.1. The van der Waals surface area contributed by atoms with Gasteiger partial charge in [0.2, 0.25) is 11.6 Å². The van der Waals surface area contributed by atoms with Crippen molar-refractivity contribution in [1.29, 1.82) is 0 Å². The van der Waals surface area contributed by atoms with Gasteiger partial charge < -0.3 is 9.47 Å². The van der Waals surface area contributed by atoms with Crippen molar-refractivity contribution in [1.82, 2.24) is 14.0 Å². The zero-order chi connectivity index (χ0) is 24.0. The number of carbonyl (C=O) groups excluding carboxylic acids is 1. The zero-order valence-electron chi connectivity index (χ0n) is 20.2. The van der Waals surface area contributed by atoms with Crippen molar-refractivity contribution in [3.63, 3.8) is 0 Å². The second-order valence-corrected chi connectivity index (χ2v) is 8.98. The summed E-state index contributed by atoms with van der Waals surface area (Å²) in [4.78, 5) is 20.7. The van der Waals surface area contributed by atoms with Crippen LogP contribution in [0.3, 0.4) is 0 Å². The third kappa shape index (κ3) is 3.59. The predicted molar refractivity (Wildman–Crippen MR) is 141 cm³/mol. The lowest BCUT2D eigenvalue weighted by atomic mass is 10.1. The van der Waals surface area contributed by atoms with Gasteiger partial charge in [0.1, 0.15) is 11.4 Å². The lowest BCUT2D eigenvalue weighted by molar-refractivity contribution is 0.104. The van der Waals surface area contributed by atoms with Gasteiger partial charge in [-0.25, -0.2) is 4.98 Å². The lowest BCUT2D eigenvalue weighted by Crippen LogP contribution is -2.07. The molecule has 0 aliphatic heterocycles. The number of fused-ring (bicyclic) bond motifs is 3. The Bertz CT molecular complexity index is 1550. The molecular weight excluding hydrogens is 420 g/mol. The third-order valence-electron chi connectivity index (χ3n) is 6.47. The summed E-state index contributed by atoms with van der Waals surface area (Å²) in [6, 6.07) is 22.4. The fraction of sp³-hybridized carbons (Fsp3) is 0.172. The molecule has 5 aromatic rings. The number of aromatic nitrogens is 3. The highest BCUT2D eigenvalue weighted by Gasteiger charge is 2.24. The van der Waals surface area contributed by atoms with Crippen LogP contribution in [0.2, 0.25) is 0 Å². The van der Waals surface area contributed by atoms with Gasteiger partial charge in [-0.2, -0.15) is 0 Å². The van der Waals surface area contributed by atoms with Gasteiger partial charge in [0.15, 0.2) is 0 Å². The molecule has 5 rings (SSSR count). The van der Waals surface area contributed by atoms with E-state index in [1.165, 1.54) is 11.1 Å². The molecule has 0 unspecified atom stereocenters. The lowest BCUT2D eigenvalue weighted by Gasteiger charge is -2.11. The number of nitrogens with zero attached hydrogens (tertiary/aromatic N) is 4. The van der Waals surface area contributed by atoms with Crippen LogP contribution in [0.25, 0.3) is 34.1 Å². The van der Waals surface area contributed by atoms with Crippen LogP contribution in [-0.4, -0.2) is 33.8 Å². The molecule has 0 N–H and O–H groups in total. The average Bonchev–Trinajstić information content (AvgIpc) is 3.35. The first-order valence-corrected chi connectivity index (χ1v) is 11.4. The van der Waals surface area contributed by atoms with Crippen molar-refractivity contribution in [2.24, 2.45) is 7.05 Å². The summed E-state index contributed by atoms with van der Waals surface area (Å²) >= 11 is 0. The van der Waals surface area contributed by atoms with E-state index < -0.39 is 0 Å². The summed E-state index contributed by atoms with van der Waals surface area (Å²) < 4.78 is 4.07. The van der Waals surface area contributed by atoms with E-state index >= 15 is 0 Å². The maximum Gasteiger partial charge on any atom is 0.215 e. The highest BCUT2D eigenvalue weighted by Crippen LogP contribution is 2.31. The average molecular weight is 449 g/mol. The number of allylic oxidation sites excluding steroid dienone is 1. The van der Waals surface area contributed by atoms with Gasteiger partial charge in [-0.3, -0.25) is 9.20 Å². The molecule has 5 heteroatoms. The van der Waals surface area contributed by atoms with E-state index in [0.717, 1.165) is 33.6 Å². The van der Waals surface area contributed by atoms with Crippen molar-refractivity contribution in [2.45, 2.75) is 13.8 Å². The van der Waals surface area contributed by atoms with Crippen LogP contribution in [0.1, 0.15) is 27.2 Å². The number of hydrogen-bond donors (Lipinski definition) is 0. The van der Waals surface area contributed by atoms with Crippen molar-refractivity contribution >= 4 is 34.4 Å². The molecule has 170 valence electrons. The number of benzene rings is 3. The first-order chi connectivity index (χ1) is 16.3. The molecule has 0 atom stereocenters. The molecule has 34 heavy (non-hydrogen) atoms. The fourth-order valence-corrected chi connectivity index (χ4v) is 4.36. The summed E-state index contributed by atoms with van der Waals surface area (Å²) in [6.45, 7) is 4.21. The second kappa shape index (κ2) is 8.34. The predicted octanol–water partition coefficient (Wildman–Crippen LogP) is 6.07. The molecule has 0 amide bonds. The Kier molecular flexibility index (Phi) is 5.33. The van der Waals surface area contributed by atoms with Crippen LogP contribution in [0.4, 0.5) is 5.69 Å². The molecule has 0 saturated heterocycles. The summed E-state index contributed by atoms with van der Waals surface area (Å²) in [5.74, 6) is 0.680. The number of hydrogen-bond acceptors (Lipinski definition) is 3. The minimum Gasteiger partial charge on any atom is -0.378 e. The number of ketones is 1. The van der Waals surface area contributed by atoms with Crippen molar-refractivity contribution in [3.8, 4) is 11.3 Å². The highest BCUT2D eigenvalue weighted by molar-refractivity contribution is 6.11. The van der Waals surface area contributed by atoms with E-state index in [2.05, 4.69) is 35.4 Å². The Morgan fingerprint density at radius 2 is 1.56 bits per heavy atom. The first kappa shape index (κ1) is 21.7. The van der Waals surface area contributed by atoms with Gasteiger partial charge in [0.25, 0.3) is 0 Å². The minimum atomic E-state index is -0.0752. The normalized spacial score (nSPS) is 11.7. The Morgan fingerprint density at radius 1 is 0.912 bits per heavy atom. The monoisotopic (exact) mass is 448 g/mol. The molecule has 2 heterocycles. The molecule has 2 aromatic heterocycles. The Hall–Kier alpha value is -4.12. The molecule has 5 nitrogen and oxygen atoms in total. The molecule has 0 spiro atoms. The molecular formula is C29H28N4O. The summed E-state index contributed by atoms with van der Waals surface area (Å²) in [5.41, 5.74) is 8.75. The van der Waals surface area contributed by atoms with E-state index in [0.29, 0.717) is 11.4 Å². The number of anilines is 1. The Morgan fingerprint density at radius 3 is 2.21 bits per heavy atom. The van der Waals surface area contributed by atoms with Gasteiger partial charge >= 0.3 is 0 Å². The molecule has 3 aromatic carbocycles. The van der Waals surface area contributed by atoms with Crippen LogP contribution in [-0.2, 0) is 7.05 Å². The SMILES string of the molecule is Cc1cc2c(cc1C)n1c(C(=O)C=Cc3ccc(N(C)C)cc3)c(-c3ccccc3)nc1n2C. The van der Waals surface area contributed by atoms with Crippen LogP contribution in [0, 0.1) is 13.8 Å². The number of imidazole rings is 2. The first-order valence-electron chi connectivity index (χ1n) is 11.4. The van der Waals surface area contributed by atoms with Crippen molar-refractivity contribution < 1.29 is 4.79 Å². The standard InChI is InChI=1S/C29H28N4O/c1-19-17-24-25(18-20(19)2)33-28(26(34)16-13-21-11-14-23(15-12-21)31(3)4)27(30-29(33)32(24)5)22-9-7-6-8-10-22/h6-18H,1-5H3. The van der Waals surface area contributed by atoms with E-state index in [1.54, 1.807) is 6.08 Å². The van der Waals surface area contributed by atoms with Crippen LogP contribution < -0.4 is 4.90 Å². The second-order valence-electron chi connectivity index (χ2n) is 8.98.